The van der Waals surface area contributed by atoms with Gasteiger partial charge in [-0.1, -0.05) is 32.0 Å². The summed E-state index contributed by atoms with van der Waals surface area (Å²) >= 11 is 1.29. The number of halogens is 3. The number of benzene rings is 1. The highest BCUT2D eigenvalue weighted by molar-refractivity contribution is 7.99. The molecule has 0 radical (unpaired) electrons. The van der Waals surface area contributed by atoms with E-state index in [0.29, 0.717) is 23.7 Å². The van der Waals surface area contributed by atoms with Gasteiger partial charge in [0.1, 0.15) is 0 Å². The van der Waals surface area contributed by atoms with Gasteiger partial charge in [-0.05, 0) is 24.0 Å². The summed E-state index contributed by atoms with van der Waals surface area (Å²) in [4.78, 5) is 11.3. The van der Waals surface area contributed by atoms with E-state index in [1.54, 1.807) is 6.07 Å². The van der Waals surface area contributed by atoms with Crippen molar-refractivity contribution in [3.63, 3.8) is 0 Å². The number of rotatable bonds is 6. The van der Waals surface area contributed by atoms with Gasteiger partial charge in [0.15, 0.2) is 0 Å². The van der Waals surface area contributed by atoms with Crippen molar-refractivity contribution in [3.05, 3.63) is 35.4 Å². The van der Waals surface area contributed by atoms with Crippen molar-refractivity contribution in [1.29, 1.82) is 0 Å². The normalized spacial score (nSPS) is 13.5. The molecule has 2 nitrogen and oxygen atoms in total. The lowest BCUT2D eigenvalue weighted by Crippen LogP contribution is -2.27. The molecule has 0 bridgehead atoms. The summed E-state index contributed by atoms with van der Waals surface area (Å²) in [5, 5.41) is -0.371. The zero-order valence-corrected chi connectivity index (χ0v) is 12.2. The first-order chi connectivity index (χ1) is 9.20. The lowest BCUT2D eigenvalue weighted by Gasteiger charge is -2.15. The van der Waals surface area contributed by atoms with Crippen LogP contribution in [0.25, 0.3) is 0 Å². The van der Waals surface area contributed by atoms with Gasteiger partial charge < -0.3 is 5.73 Å². The third-order valence-electron chi connectivity index (χ3n) is 2.71. The van der Waals surface area contributed by atoms with Gasteiger partial charge in [0.05, 0.1) is 10.8 Å². The van der Waals surface area contributed by atoms with Crippen LogP contribution in [0.2, 0.25) is 0 Å². The van der Waals surface area contributed by atoms with Crippen molar-refractivity contribution in [3.8, 4) is 0 Å². The highest BCUT2D eigenvalue weighted by Gasteiger charge is 2.30. The maximum absolute atomic E-state index is 12.6. The fourth-order valence-corrected chi connectivity index (χ4v) is 2.99. The van der Waals surface area contributed by atoms with Crippen LogP contribution in [0.4, 0.5) is 13.2 Å². The molecular formula is C14H18F3NOS. The second kappa shape index (κ2) is 7.02. The quantitative estimate of drug-likeness (QED) is 0.867. The van der Waals surface area contributed by atoms with Crippen LogP contribution in [0.5, 0.6) is 0 Å². The molecule has 0 aliphatic rings. The summed E-state index contributed by atoms with van der Waals surface area (Å²) in [6, 6.07) is 5.14. The van der Waals surface area contributed by atoms with Gasteiger partial charge in [0, 0.05) is 5.75 Å². The molecule has 1 unspecified atom stereocenters. The first-order valence-electron chi connectivity index (χ1n) is 6.27. The summed E-state index contributed by atoms with van der Waals surface area (Å²) in [6.07, 6.45) is -3.72. The van der Waals surface area contributed by atoms with E-state index in [4.69, 9.17) is 5.73 Å². The molecule has 112 valence electrons. The van der Waals surface area contributed by atoms with Gasteiger partial charge >= 0.3 is 6.18 Å². The van der Waals surface area contributed by atoms with Gasteiger partial charge in [-0.15, -0.1) is 11.8 Å². The van der Waals surface area contributed by atoms with E-state index in [1.807, 2.05) is 13.8 Å². The Labute approximate surface area is 120 Å². The highest BCUT2D eigenvalue weighted by Crippen LogP contribution is 2.31. The molecule has 0 saturated carbocycles. The van der Waals surface area contributed by atoms with Crippen molar-refractivity contribution in [1.82, 2.24) is 0 Å². The molecule has 0 aromatic heterocycles. The number of alkyl halides is 3. The van der Waals surface area contributed by atoms with E-state index in [0.717, 1.165) is 12.1 Å². The fraction of sp³-hybridized carbons (Fsp3) is 0.500. The summed E-state index contributed by atoms with van der Waals surface area (Å²) in [5.41, 5.74) is 5.18. The summed E-state index contributed by atoms with van der Waals surface area (Å²) in [5.74, 6) is 0.224. The number of hydrogen-bond donors (Lipinski definition) is 1. The first kappa shape index (κ1) is 16.9. The van der Waals surface area contributed by atoms with Crippen LogP contribution in [0, 0.1) is 5.92 Å². The van der Waals surface area contributed by atoms with E-state index < -0.39 is 17.6 Å². The van der Waals surface area contributed by atoms with Gasteiger partial charge in [-0.25, -0.2) is 0 Å². The van der Waals surface area contributed by atoms with E-state index in [9.17, 15) is 18.0 Å². The average Bonchev–Trinajstić information content (AvgIpc) is 2.33. The first-order valence-corrected chi connectivity index (χ1v) is 7.32. The van der Waals surface area contributed by atoms with Crippen molar-refractivity contribution in [2.75, 3.05) is 0 Å². The van der Waals surface area contributed by atoms with Crippen LogP contribution >= 0.6 is 11.8 Å². The van der Waals surface area contributed by atoms with Gasteiger partial charge in [-0.2, -0.15) is 13.2 Å². The molecule has 0 heterocycles. The lowest BCUT2D eigenvalue weighted by molar-refractivity contribution is -0.137. The van der Waals surface area contributed by atoms with Crippen molar-refractivity contribution in [2.45, 2.75) is 37.4 Å². The third kappa shape index (κ3) is 5.45. The Morgan fingerprint density at radius 2 is 2.00 bits per heavy atom. The number of amides is 1. The third-order valence-corrected chi connectivity index (χ3v) is 4.04. The molecule has 1 amide bonds. The fourth-order valence-electron chi connectivity index (χ4n) is 1.73. The molecule has 1 rings (SSSR count). The smallest absolute Gasteiger partial charge is 0.369 e. The minimum absolute atomic E-state index is 0.307. The molecule has 0 aliphatic heterocycles. The van der Waals surface area contributed by atoms with E-state index in [1.165, 1.54) is 17.8 Å². The summed E-state index contributed by atoms with van der Waals surface area (Å²) in [7, 11) is 0. The summed E-state index contributed by atoms with van der Waals surface area (Å²) < 4.78 is 37.8. The predicted molar refractivity (Wildman–Crippen MR) is 75.2 cm³/mol. The molecule has 6 heteroatoms. The monoisotopic (exact) mass is 305 g/mol. The van der Waals surface area contributed by atoms with Gasteiger partial charge in [0.2, 0.25) is 5.91 Å². The minimum atomic E-state index is -4.35. The predicted octanol–water partition coefficient (Wildman–Crippen LogP) is 3.84. The Bertz CT molecular complexity index is 460. The van der Waals surface area contributed by atoms with Gasteiger partial charge in [-0.3, -0.25) is 4.79 Å². The molecule has 1 atom stereocenters. The second-order valence-electron chi connectivity index (χ2n) is 5.03. The van der Waals surface area contributed by atoms with Crippen LogP contribution < -0.4 is 5.73 Å². The molecule has 1 aromatic carbocycles. The number of primary amides is 1. The van der Waals surface area contributed by atoms with E-state index >= 15 is 0 Å². The number of carbonyl (C=O) groups excluding carboxylic acids is 1. The number of thioether (sulfide) groups is 1. The van der Waals surface area contributed by atoms with Crippen LogP contribution in [-0.2, 0) is 16.7 Å². The van der Waals surface area contributed by atoms with Crippen molar-refractivity contribution in [2.24, 2.45) is 11.7 Å². The summed E-state index contributed by atoms with van der Waals surface area (Å²) in [6.45, 7) is 3.95. The Morgan fingerprint density at radius 3 is 2.50 bits per heavy atom. The van der Waals surface area contributed by atoms with E-state index in [2.05, 4.69) is 0 Å². The molecule has 0 saturated heterocycles. The number of nitrogens with two attached hydrogens (primary N) is 1. The van der Waals surface area contributed by atoms with Crippen LogP contribution in [0.15, 0.2) is 24.3 Å². The maximum atomic E-state index is 12.6. The minimum Gasteiger partial charge on any atom is -0.369 e. The van der Waals surface area contributed by atoms with Crippen molar-refractivity contribution >= 4 is 17.7 Å². The second-order valence-corrected chi connectivity index (χ2v) is 6.22. The zero-order valence-electron chi connectivity index (χ0n) is 11.4. The van der Waals surface area contributed by atoms with Crippen LogP contribution in [-0.4, -0.2) is 11.2 Å². The topological polar surface area (TPSA) is 43.1 Å². The Kier molecular flexibility index (Phi) is 5.92. The standard InChI is InChI=1S/C14H18F3NOS/c1-9(2)6-12(13(18)19)20-8-10-4-3-5-11(7-10)14(15,16)17/h3-5,7,9,12H,6,8H2,1-2H3,(H2,18,19). The average molecular weight is 305 g/mol. The lowest BCUT2D eigenvalue weighted by atomic mass is 10.1. The largest absolute Gasteiger partial charge is 0.416 e. The van der Waals surface area contributed by atoms with Gasteiger partial charge in [0.25, 0.3) is 0 Å². The Balaban J connectivity index is 2.71. The molecular weight excluding hydrogens is 287 g/mol. The van der Waals surface area contributed by atoms with Crippen molar-refractivity contribution < 1.29 is 18.0 Å². The molecule has 0 spiro atoms. The van der Waals surface area contributed by atoms with Crippen LogP contribution in [0.3, 0.4) is 0 Å². The molecule has 1 aromatic rings. The Morgan fingerprint density at radius 1 is 1.35 bits per heavy atom. The number of carbonyl (C=O) groups is 1. The van der Waals surface area contributed by atoms with E-state index in [-0.39, 0.29) is 5.25 Å². The number of hydrogen-bond acceptors (Lipinski definition) is 2. The maximum Gasteiger partial charge on any atom is 0.416 e. The van der Waals surface area contributed by atoms with Crippen LogP contribution in [0.1, 0.15) is 31.4 Å². The SMILES string of the molecule is CC(C)CC(SCc1cccc(C(F)(F)F)c1)C(N)=O. The molecule has 0 aliphatic carbocycles. The Hall–Kier alpha value is -1.17. The molecule has 0 fully saturated rings. The zero-order chi connectivity index (χ0) is 15.3. The molecule has 2 N–H and O–H groups in total. The molecule has 20 heavy (non-hydrogen) atoms. The highest BCUT2D eigenvalue weighted by atomic mass is 32.2.